The Bertz CT molecular complexity index is 869. The maximum Gasteiger partial charge on any atom is 0.276 e. The zero-order chi connectivity index (χ0) is 19.1. The summed E-state index contributed by atoms with van der Waals surface area (Å²) >= 11 is 0. The summed E-state index contributed by atoms with van der Waals surface area (Å²) in [5.74, 6) is -0.947. The van der Waals surface area contributed by atoms with Crippen LogP contribution in [0.15, 0.2) is 24.3 Å². The molecule has 1 amide bonds. The van der Waals surface area contributed by atoms with Crippen molar-refractivity contribution in [2.75, 3.05) is 26.3 Å². The van der Waals surface area contributed by atoms with Crippen molar-refractivity contribution in [1.82, 2.24) is 19.9 Å². The van der Waals surface area contributed by atoms with Crippen LogP contribution in [-0.2, 0) is 27.4 Å². The standard InChI is InChI=1S/C19H21FN4O4/c20-14-3-1-13(2-4-14)16-11-24-15(12-26-16)17(21-22-24)18(25)23-7-5-19(6-8-23)27-9-10-28-19/h1-4,16H,5-12H2/t16-/m1/s1. The van der Waals surface area contributed by atoms with Gasteiger partial charge in [0.15, 0.2) is 11.5 Å². The van der Waals surface area contributed by atoms with Crippen molar-refractivity contribution in [3.8, 4) is 0 Å². The molecular weight excluding hydrogens is 367 g/mol. The van der Waals surface area contributed by atoms with Crippen LogP contribution in [0.25, 0.3) is 0 Å². The summed E-state index contributed by atoms with van der Waals surface area (Å²) in [6.45, 7) is 3.01. The fraction of sp³-hybridized carbons (Fsp3) is 0.526. The highest BCUT2D eigenvalue weighted by Crippen LogP contribution is 2.32. The van der Waals surface area contributed by atoms with Gasteiger partial charge < -0.3 is 19.1 Å². The third-order valence-corrected chi connectivity index (χ3v) is 5.67. The number of rotatable bonds is 2. The van der Waals surface area contributed by atoms with E-state index in [0.29, 0.717) is 57.1 Å². The molecule has 148 valence electrons. The molecule has 1 spiro atoms. The molecule has 0 saturated carbocycles. The SMILES string of the molecule is O=C(c1nnn2c1CO[C@@H](c1ccc(F)cc1)C2)N1CCC2(CC1)OCCO2. The van der Waals surface area contributed by atoms with Crippen LogP contribution in [-0.4, -0.2) is 57.9 Å². The van der Waals surface area contributed by atoms with Gasteiger partial charge in [0.25, 0.3) is 5.91 Å². The molecule has 2 saturated heterocycles. The lowest BCUT2D eigenvalue weighted by Gasteiger charge is -2.37. The lowest BCUT2D eigenvalue weighted by Crippen LogP contribution is -2.47. The Labute approximate surface area is 161 Å². The van der Waals surface area contributed by atoms with Crippen LogP contribution < -0.4 is 0 Å². The normalized spacial score (nSPS) is 23.8. The van der Waals surface area contributed by atoms with Crippen molar-refractivity contribution in [2.45, 2.75) is 37.9 Å². The number of hydrogen-bond acceptors (Lipinski definition) is 6. The number of piperidine rings is 1. The molecule has 3 aliphatic heterocycles. The average Bonchev–Trinajstić information content (AvgIpc) is 3.35. The van der Waals surface area contributed by atoms with Crippen LogP contribution in [0.5, 0.6) is 0 Å². The topological polar surface area (TPSA) is 78.7 Å². The molecule has 0 bridgehead atoms. The average molecular weight is 388 g/mol. The molecule has 1 aromatic heterocycles. The van der Waals surface area contributed by atoms with Gasteiger partial charge in [0.1, 0.15) is 11.9 Å². The number of nitrogens with zero attached hydrogens (tertiary/aromatic N) is 4. The Morgan fingerprint density at radius 3 is 2.57 bits per heavy atom. The first kappa shape index (κ1) is 17.7. The fourth-order valence-corrected chi connectivity index (χ4v) is 4.04. The molecule has 0 unspecified atom stereocenters. The molecule has 9 heteroatoms. The van der Waals surface area contributed by atoms with Crippen molar-refractivity contribution in [3.63, 3.8) is 0 Å². The summed E-state index contributed by atoms with van der Waals surface area (Å²) in [6.07, 6.45) is 1.07. The smallest absolute Gasteiger partial charge is 0.276 e. The number of ether oxygens (including phenoxy) is 3. The number of hydrogen-bond donors (Lipinski definition) is 0. The van der Waals surface area contributed by atoms with E-state index in [2.05, 4.69) is 10.3 Å². The van der Waals surface area contributed by atoms with Crippen LogP contribution in [0.2, 0.25) is 0 Å². The molecule has 2 fully saturated rings. The summed E-state index contributed by atoms with van der Waals surface area (Å²) < 4.78 is 32.2. The first-order valence-electron chi connectivity index (χ1n) is 9.50. The molecule has 4 heterocycles. The molecule has 28 heavy (non-hydrogen) atoms. The van der Waals surface area contributed by atoms with E-state index in [1.54, 1.807) is 21.7 Å². The lowest BCUT2D eigenvalue weighted by atomic mass is 10.0. The molecule has 0 N–H and O–H groups in total. The second-order valence-electron chi connectivity index (χ2n) is 7.32. The minimum absolute atomic E-state index is 0.141. The summed E-state index contributed by atoms with van der Waals surface area (Å²) in [6, 6.07) is 6.21. The van der Waals surface area contributed by atoms with Crippen LogP contribution in [0.4, 0.5) is 4.39 Å². The number of aromatic nitrogens is 3. The van der Waals surface area contributed by atoms with Crippen LogP contribution in [0, 0.1) is 5.82 Å². The molecule has 5 rings (SSSR count). The van der Waals surface area contributed by atoms with Gasteiger partial charge in [-0.3, -0.25) is 4.79 Å². The zero-order valence-electron chi connectivity index (χ0n) is 15.3. The van der Waals surface area contributed by atoms with Crippen LogP contribution in [0.3, 0.4) is 0 Å². The van der Waals surface area contributed by atoms with E-state index < -0.39 is 5.79 Å². The second-order valence-corrected chi connectivity index (χ2v) is 7.32. The molecule has 8 nitrogen and oxygen atoms in total. The molecule has 1 atom stereocenters. The number of amides is 1. The van der Waals surface area contributed by atoms with Gasteiger partial charge in [-0.15, -0.1) is 5.10 Å². The maximum atomic E-state index is 13.1. The van der Waals surface area contributed by atoms with E-state index in [0.717, 1.165) is 5.56 Å². The van der Waals surface area contributed by atoms with Crippen molar-refractivity contribution >= 4 is 5.91 Å². The molecule has 2 aromatic rings. The quantitative estimate of drug-likeness (QED) is 0.779. The third-order valence-electron chi connectivity index (χ3n) is 5.67. The van der Waals surface area contributed by atoms with Crippen molar-refractivity contribution in [1.29, 1.82) is 0 Å². The highest BCUT2D eigenvalue weighted by Gasteiger charge is 2.41. The number of fused-ring (bicyclic) bond motifs is 1. The van der Waals surface area contributed by atoms with E-state index in [9.17, 15) is 9.18 Å². The van der Waals surface area contributed by atoms with E-state index >= 15 is 0 Å². The zero-order valence-corrected chi connectivity index (χ0v) is 15.3. The van der Waals surface area contributed by atoms with Gasteiger partial charge in [0, 0.05) is 25.9 Å². The van der Waals surface area contributed by atoms with Crippen LogP contribution in [0.1, 0.15) is 40.7 Å². The number of halogens is 1. The highest BCUT2D eigenvalue weighted by molar-refractivity contribution is 5.93. The summed E-state index contributed by atoms with van der Waals surface area (Å²) in [4.78, 5) is 14.7. The Morgan fingerprint density at radius 2 is 1.86 bits per heavy atom. The van der Waals surface area contributed by atoms with E-state index in [1.165, 1.54) is 12.1 Å². The van der Waals surface area contributed by atoms with Gasteiger partial charge in [0.2, 0.25) is 0 Å². The monoisotopic (exact) mass is 388 g/mol. The Balaban J connectivity index is 1.28. The second kappa shape index (κ2) is 6.91. The van der Waals surface area contributed by atoms with Crippen molar-refractivity contribution < 1.29 is 23.4 Å². The molecule has 0 aliphatic carbocycles. The van der Waals surface area contributed by atoms with Crippen molar-refractivity contribution in [3.05, 3.63) is 47.0 Å². The molecule has 3 aliphatic rings. The van der Waals surface area contributed by atoms with Gasteiger partial charge in [-0.2, -0.15) is 0 Å². The predicted octanol–water partition coefficient (Wildman–Crippen LogP) is 1.67. The number of carbonyl (C=O) groups is 1. The van der Waals surface area contributed by atoms with Crippen molar-refractivity contribution in [2.24, 2.45) is 0 Å². The largest absolute Gasteiger partial charge is 0.365 e. The van der Waals surface area contributed by atoms with Gasteiger partial charge in [-0.05, 0) is 17.7 Å². The minimum Gasteiger partial charge on any atom is -0.365 e. The maximum absolute atomic E-state index is 13.1. The number of carbonyl (C=O) groups excluding carboxylic acids is 1. The summed E-state index contributed by atoms with van der Waals surface area (Å²) in [7, 11) is 0. The highest BCUT2D eigenvalue weighted by atomic mass is 19.1. The molecule has 1 aromatic carbocycles. The molecular formula is C19H21FN4O4. The Kier molecular flexibility index (Phi) is 4.37. The van der Waals surface area contributed by atoms with E-state index in [4.69, 9.17) is 14.2 Å². The molecule has 0 radical (unpaired) electrons. The van der Waals surface area contributed by atoms with Gasteiger partial charge in [-0.1, -0.05) is 17.3 Å². The Morgan fingerprint density at radius 1 is 1.14 bits per heavy atom. The van der Waals surface area contributed by atoms with E-state index in [-0.39, 0.29) is 24.4 Å². The number of benzene rings is 1. The lowest BCUT2D eigenvalue weighted by molar-refractivity contribution is -0.181. The van der Waals surface area contributed by atoms with Gasteiger partial charge >= 0.3 is 0 Å². The minimum atomic E-state index is -0.520. The van der Waals surface area contributed by atoms with Gasteiger partial charge in [-0.25, -0.2) is 9.07 Å². The number of likely N-dealkylation sites (tertiary alicyclic amines) is 1. The first-order chi connectivity index (χ1) is 13.6. The summed E-state index contributed by atoms with van der Waals surface area (Å²) in [5.41, 5.74) is 1.88. The van der Waals surface area contributed by atoms with Crippen LogP contribution >= 0.6 is 0 Å². The van der Waals surface area contributed by atoms with E-state index in [1.807, 2.05) is 0 Å². The Hall–Kier alpha value is -2.36. The first-order valence-corrected chi connectivity index (χ1v) is 9.50. The summed E-state index contributed by atoms with van der Waals surface area (Å²) in [5, 5.41) is 8.28. The fourth-order valence-electron chi connectivity index (χ4n) is 4.04. The third kappa shape index (κ3) is 3.09. The predicted molar refractivity (Wildman–Crippen MR) is 93.7 cm³/mol. The van der Waals surface area contributed by atoms with Gasteiger partial charge in [0.05, 0.1) is 32.1 Å².